The summed E-state index contributed by atoms with van der Waals surface area (Å²) in [6, 6.07) is 4.53. The van der Waals surface area contributed by atoms with E-state index in [1.54, 1.807) is 0 Å². The van der Waals surface area contributed by atoms with Gasteiger partial charge in [0.05, 0.1) is 18.6 Å². The first kappa shape index (κ1) is 49.2. The van der Waals surface area contributed by atoms with E-state index in [1.165, 1.54) is 36.8 Å². The van der Waals surface area contributed by atoms with Gasteiger partial charge in [0.1, 0.15) is 17.5 Å². The largest absolute Gasteiger partial charge is 0.424 e. The van der Waals surface area contributed by atoms with E-state index in [4.69, 9.17) is 0 Å². The van der Waals surface area contributed by atoms with E-state index in [2.05, 4.69) is 51.8 Å². The highest BCUT2D eigenvalue weighted by atomic mass is 16.5. The zero-order chi connectivity index (χ0) is 44.1. The van der Waals surface area contributed by atoms with Gasteiger partial charge in [0.15, 0.2) is 0 Å². The first-order valence-electron chi connectivity index (χ1n) is 21.1. The molecule has 0 bridgehead atoms. The Balaban J connectivity index is 1.28. The van der Waals surface area contributed by atoms with Crippen LogP contribution in [0.3, 0.4) is 0 Å². The van der Waals surface area contributed by atoms with Crippen molar-refractivity contribution in [2.24, 2.45) is 0 Å². The summed E-state index contributed by atoms with van der Waals surface area (Å²) in [5.74, 6) is 1.07. The van der Waals surface area contributed by atoms with Crippen LogP contribution in [-0.2, 0) is 14.4 Å². The molecule has 0 aliphatic heterocycles. The van der Waals surface area contributed by atoms with Crippen LogP contribution in [0.2, 0.25) is 0 Å². The van der Waals surface area contributed by atoms with Crippen LogP contribution in [0.5, 0.6) is 0 Å². The normalized spacial score (nSPS) is 11.0. The molecule has 0 unspecified atom stereocenters. The van der Waals surface area contributed by atoms with Crippen LogP contribution < -0.4 is 49.0 Å². The van der Waals surface area contributed by atoms with Gasteiger partial charge in [-0.25, -0.2) is 14.4 Å². The number of carbonyl (C=O) groups excluding carboxylic acids is 3. The maximum absolute atomic E-state index is 12.5. The number of nitrogens with zero attached hydrogens (tertiary/aromatic N) is 7. The highest BCUT2D eigenvalue weighted by Crippen LogP contribution is 2.07. The Hall–Kier alpha value is -6.19. The molecule has 3 amide bonds. The van der Waals surface area contributed by atoms with Gasteiger partial charge < -0.3 is 47.5 Å². The number of unbranched alkanes of at least 4 members (excludes halogenated alkanes) is 9. The van der Waals surface area contributed by atoms with E-state index in [9.17, 15) is 44.4 Å². The van der Waals surface area contributed by atoms with Crippen molar-refractivity contribution < 1.29 is 30.0 Å². The highest BCUT2D eigenvalue weighted by molar-refractivity contribution is 5.76. The molecule has 338 valence electrons. The molecule has 3 aromatic heterocycles. The molecule has 0 fully saturated rings. The molecule has 9 N–H and O–H groups in total. The zero-order valence-electron chi connectivity index (χ0n) is 34.9. The molecule has 22 heteroatoms. The maximum Gasteiger partial charge on any atom is 0.382 e. The average Bonchev–Trinajstić information content (AvgIpc) is 3.23. The summed E-state index contributed by atoms with van der Waals surface area (Å²) in [7, 11) is 0. The van der Waals surface area contributed by atoms with Crippen molar-refractivity contribution in [1.29, 1.82) is 0 Å². The molecule has 0 saturated carbocycles. The summed E-state index contributed by atoms with van der Waals surface area (Å²) in [6.45, 7) is 4.75. The zero-order valence-corrected chi connectivity index (χ0v) is 34.9. The van der Waals surface area contributed by atoms with E-state index < -0.39 is 17.1 Å². The van der Waals surface area contributed by atoms with Crippen molar-refractivity contribution in [2.75, 3.05) is 74.9 Å². The maximum atomic E-state index is 12.5. The van der Waals surface area contributed by atoms with Crippen LogP contribution >= 0.6 is 0 Å². The molecule has 22 nitrogen and oxygen atoms in total. The van der Waals surface area contributed by atoms with Crippen molar-refractivity contribution in [3.8, 4) is 0 Å². The average molecular weight is 858 g/mol. The lowest BCUT2D eigenvalue weighted by atomic mass is 10.1. The number of amides is 3. The van der Waals surface area contributed by atoms with Crippen molar-refractivity contribution >= 4 is 35.2 Å². The van der Waals surface area contributed by atoms with Crippen LogP contribution in [0.15, 0.2) is 51.2 Å². The van der Waals surface area contributed by atoms with Gasteiger partial charge in [0, 0.05) is 96.4 Å². The topological polar surface area (TPSA) is 292 Å². The summed E-state index contributed by atoms with van der Waals surface area (Å²) in [6.07, 6.45) is 14.9. The lowest BCUT2D eigenvalue weighted by Gasteiger charge is -2.23. The minimum absolute atomic E-state index is 0.0413. The fourth-order valence-corrected chi connectivity index (χ4v) is 6.09. The number of anilines is 3. The molecule has 0 saturated heterocycles. The van der Waals surface area contributed by atoms with E-state index in [1.807, 2.05) is 0 Å². The minimum Gasteiger partial charge on any atom is -0.424 e. The Morgan fingerprint density at radius 1 is 0.443 bits per heavy atom. The van der Waals surface area contributed by atoms with E-state index in [0.717, 1.165) is 77.0 Å². The second kappa shape index (κ2) is 29.1. The van der Waals surface area contributed by atoms with Crippen LogP contribution in [-0.4, -0.2) is 126 Å². The van der Waals surface area contributed by atoms with Gasteiger partial charge in [-0.05, 0) is 38.5 Å². The Morgan fingerprint density at radius 3 is 1.00 bits per heavy atom. The molecule has 0 aliphatic carbocycles. The molecule has 0 atom stereocenters. The predicted octanol–water partition coefficient (Wildman–Crippen LogP) is 1.21. The molecule has 0 spiro atoms. The molecule has 0 radical (unpaired) electrons. The summed E-state index contributed by atoms with van der Waals surface area (Å²) in [5, 5.41) is 45.7. The third kappa shape index (κ3) is 22.1. The Labute approximate surface area is 354 Å². The smallest absolute Gasteiger partial charge is 0.382 e. The minimum atomic E-state index is -0.751. The third-order valence-electron chi connectivity index (χ3n) is 9.52. The highest BCUT2D eigenvalue weighted by Gasteiger charge is 2.10. The van der Waals surface area contributed by atoms with Crippen molar-refractivity contribution in [2.45, 2.75) is 96.3 Å². The molecular weight excluding hydrogens is 795 g/mol. The van der Waals surface area contributed by atoms with E-state index >= 15 is 0 Å². The molecule has 3 rings (SSSR count). The van der Waals surface area contributed by atoms with E-state index in [-0.39, 0.29) is 17.7 Å². The fraction of sp³-hybridized carbons (Fsp3) is 0.615. The first-order valence-corrected chi connectivity index (χ1v) is 21.1. The van der Waals surface area contributed by atoms with Gasteiger partial charge in [-0.3, -0.25) is 19.3 Å². The third-order valence-corrected chi connectivity index (χ3v) is 9.52. The van der Waals surface area contributed by atoms with Crippen LogP contribution in [0, 0.1) is 0 Å². The number of aromatic nitrogens is 6. The molecular formula is C39H63N13O9. The SMILES string of the molecule is O=C(CCCCCCNc1ccn(O)c(=O)n1)NCCN(CCNC(=O)CCCCCCNc1ccn(O)c(=O)n1)CCNC(=O)CCCCCCNc1ccn(O)c(=O)n1. The molecule has 0 aromatic carbocycles. The van der Waals surface area contributed by atoms with E-state index in [0.29, 0.717) is 110 Å². The number of rotatable bonds is 33. The lowest BCUT2D eigenvalue weighted by Crippen LogP contribution is -2.43. The number of hydrogen-bond donors (Lipinski definition) is 9. The second-order valence-electron chi connectivity index (χ2n) is 14.5. The Morgan fingerprint density at radius 2 is 0.721 bits per heavy atom. The Kier molecular flexibility index (Phi) is 23.5. The molecule has 0 aliphatic rings. The van der Waals surface area contributed by atoms with Gasteiger partial charge in [-0.2, -0.15) is 15.0 Å². The van der Waals surface area contributed by atoms with Crippen molar-refractivity contribution in [1.82, 2.24) is 50.0 Å². The summed E-state index contributed by atoms with van der Waals surface area (Å²) < 4.78 is 1.24. The quantitative estimate of drug-likeness (QED) is 0.0307. The van der Waals surface area contributed by atoms with Gasteiger partial charge in [-0.15, -0.1) is 14.2 Å². The summed E-state index contributed by atoms with van der Waals surface area (Å²) in [4.78, 5) is 85.0. The standard InChI is InChI=1S/C39H63N13O9/c53-34(13-7-1-4-10-19-40-31-16-25-50(59)37(56)46-31)43-22-28-49(29-23-44-35(54)14-8-2-5-11-20-41-32-17-26-51(60)38(57)47-32)30-24-45-36(55)15-9-3-6-12-21-42-33-18-27-52(61)39(58)48-33/h16-18,25-27,59-61H,1-15,19-24,28-30H2,(H,43,53)(H,44,54)(H,45,55)(H,40,46,56)(H,41,47,57)(H,42,48,58). The van der Waals surface area contributed by atoms with Crippen molar-refractivity contribution in [3.63, 3.8) is 0 Å². The fourth-order valence-electron chi connectivity index (χ4n) is 6.09. The predicted molar refractivity (Wildman–Crippen MR) is 227 cm³/mol. The van der Waals surface area contributed by atoms with Gasteiger partial charge >= 0.3 is 17.1 Å². The first-order chi connectivity index (χ1) is 29.5. The summed E-state index contributed by atoms with van der Waals surface area (Å²) in [5.41, 5.74) is -2.25. The lowest BCUT2D eigenvalue weighted by molar-refractivity contribution is -0.121. The van der Waals surface area contributed by atoms with Gasteiger partial charge in [0.25, 0.3) is 0 Å². The van der Waals surface area contributed by atoms with Crippen LogP contribution in [0.25, 0.3) is 0 Å². The van der Waals surface area contributed by atoms with Gasteiger partial charge in [0.2, 0.25) is 17.7 Å². The van der Waals surface area contributed by atoms with Crippen LogP contribution in [0.4, 0.5) is 17.5 Å². The number of carbonyl (C=O) groups is 3. The second-order valence-corrected chi connectivity index (χ2v) is 14.5. The molecule has 61 heavy (non-hydrogen) atoms. The molecule has 3 heterocycles. The number of nitrogens with one attached hydrogen (secondary N) is 6. The number of hydrogen-bond acceptors (Lipinski definition) is 16. The monoisotopic (exact) mass is 857 g/mol. The molecule has 3 aromatic rings. The summed E-state index contributed by atoms with van der Waals surface area (Å²) >= 11 is 0. The Bertz CT molecular complexity index is 1720. The van der Waals surface area contributed by atoms with Crippen LogP contribution in [0.1, 0.15) is 96.3 Å². The van der Waals surface area contributed by atoms with Crippen molar-refractivity contribution in [3.05, 3.63) is 68.2 Å². The van der Waals surface area contributed by atoms with Gasteiger partial charge in [-0.1, -0.05) is 38.5 Å².